The maximum atomic E-state index is 5.17. The van der Waals surface area contributed by atoms with Crippen LogP contribution in [0.2, 0.25) is 0 Å². The van der Waals surface area contributed by atoms with E-state index in [9.17, 15) is 0 Å². The van der Waals surface area contributed by atoms with E-state index in [2.05, 4.69) is 13.2 Å². The third-order valence-corrected chi connectivity index (χ3v) is 2.32. The van der Waals surface area contributed by atoms with Crippen LogP contribution in [-0.2, 0) is 9.47 Å². The molecule has 1 aliphatic rings. The van der Waals surface area contributed by atoms with Crippen molar-refractivity contribution in [3.05, 3.63) is 13.2 Å². The van der Waals surface area contributed by atoms with Gasteiger partial charge in [0.05, 0.1) is 6.61 Å². The first-order valence-electron chi connectivity index (χ1n) is 4.15. The minimum Gasteiger partial charge on any atom is -0.472 e. The van der Waals surface area contributed by atoms with Gasteiger partial charge in [0.25, 0.3) is 0 Å². The van der Waals surface area contributed by atoms with Gasteiger partial charge in [0, 0.05) is 12.9 Å². The highest BCUT2D eigenvalue weighted by Crippen LogP contribution is 2.19. The number of ether oxygens (including phenoxy) is 2. The van der Waals surface area contributed by atoms with Crippen molar-refractivity contribution in [2.45, 2.75) is 20.0 Å². The molecule has 1 fully saturated rings. The molecule has 0 aliphatic carbocycles. The van der Waals surface area contributed by atoms with Crippen LogP contribution in [-0.4, -0.2) is 30.0 Å². The lowest BCUT2D eigenvalue weighted by Crippen LogP contribution is -2.15. The summed E-state index contributed by atoms with van der Waals surface area (Å²) < 4.78 is 10.7. The molecule has 0 spiro atoms. The Hall–Kier alpha value is -0.0600. The van der Waals surface area contributed by atoms with E-state index in [-0.39, 0.29) is 6.10 Å². The third kappa shape index (κ3) is 8.28. The molecule has 1 aliphatic heterocycles. The van der Waals surface area contributed by atoms with E-state index in [1.165, 1.54) is 0 Å². The fraction of sp³-hybridized carbons (Fsp3) is 0.667. The van der Waals surface area contributed by atoms with Gasteiger partial charge in [-0.3, -0.25) is 0 Å². The van der Waals surface area contributed by atoms with Crippen LogP contribution in [0.1, 0.15) is 13.8 Å². The third-order valence-electron chi connectivity index (χ3n) is 1.00. The van der Waals surface area contributed by atoms with Crippen molar-refractivity contribution < 1.29 is 9.47 Å². The molecule has 1 atom stereocenters. The van der Waals surface area contributed by atoms with Crippen LogP contribution in [0, 0.1) is 0 Å². The topological polar surface area (TPSA) is 18.5 Å². The molecule has 0 radical (unpaired) electrons. The molecule has 0 aromatic heterocycles. The van der Waals surface area contributed by atoms with Gasteiger partial charge in [-0.2, -0.15) is 0 Å². The van der Waals surface area contributed by atoms with Gasteiger partial charge in [0.15, 0.2) is 0 Å². The Bertz CT molecular complexity index is 129. The lowest BCUT2D eigenvalue weighted by Gasteiger charge is -2.05. The highest BCUT2D eigenvalue weighted by Gasteiger charge is 2.20. The first-order chi connectivity index (χ1) is 6.33. The summed E-state index contributed by atoms with van der Waals surface area (Å²) in [5.74, 6) is 0.937. The Morgan fingerprint density at radius 2 is 2.15 bits per heavy atom. The minimum absolute atomic E-state index is 0.187. The van der Waals surface area contributed by atoms with Crippen LogP contribution >= 0.6 is 24.0 Å². The Labute approximate surface area is 90.7 Å². The Kier molecular flexibility index (Phi) is 14.2. The van der Waals surface area contributed by atoms with Gasteiger partial charge in [-0.1, -0.05) is 25.6 Å². The van der Waals surface area contributed by atoms with Crippen molar-refractivity contribution in [2.75, 3.05) is 19.5 Å². The minimum atomic E-state index is 0.187. The zero-order valence-electron chi connectivity index (χ0n) is 8.54. The number of methoxy groups -OCH3 is 1. The molecule has 0 aromatic carbocycles. The fourth-order valence-electron chi connectivity index (χ4n) is 0.633. The second-order valence-corrected chi connectivity index (χ2v) is 3.38. The van der Waals surface area contributed by atoms with Gasteiger partial charge in [0.2, 0.25) is 4.38 Å². The molecule has 0 saturated carbocycles. The summed E-state index contributed by atoms with van der Waals surface area (Å²) >= 11 is 6.37. The Morgan fingerprint density at radius 1 is 1.62 bits per heavy atom. The van der Waals surface area contributed by atoms with Crippen molar-refractivity contribution in [3.63, 3.8) is 0 Å². The molecule has 0 amide bonds. The van der Waals surface area contributed by atoms with Crippen molar-refractivity contribution in [3.8, 4) is 0 Å². The van der Waals surface area contributed by atoms with E-state index in [0.29, 0.717) is 11.0 Å². The lowest BCUT2D eigenvalue weighted by atomic mass is 10.4. The number of hydrogen-bond donors (Lipinski definition) is 0. The summed E-state index contributed by atoms with van der Waals surface area (Å²) in [5, 5.41) is 0. The highest BCUT2D eigenvalue weighted by atomic mass is 32.2. The average molecular weight is 222 g/mol. The van der Waals surface area contributed by atoms with E-state index in [4.69, 9.17) is 21.7 Å². The summed E-state index contributed by atoms with van der Waals surface area (Å²) in [4.78, 5) is 0. The van der Waals surface area contributed by atoms with E-state index in [1.807, 2.05) is 13.8 Å². The van der Waals surface area contributed by atoms with Crippen LogP contribution < -0.4 is 0 Å². The van der Waals surface area contributed by atoms with Crippen LogP contribution in [0.4, 0.5) is 0 Å². The van der Waals surface area contributed by atoms with Gasteiger partial charge in [-0.25, -0.2) is 0 Å². The fourth-order valence-corrected chi connectivity index (χ4v) is 1.66. The average Bonchev–Trinajstić information content (AvgIpc) is 2.59. The molecule has 1 unspecified atom stereocenters. The summed E-state index contributed by atoms with van der Waals surface area (Å²) in [6.07, 6.45) is 0.187. The predicted molar refractivity (Wildman–Crippen MR) is 64.4 cm³/mol. The second kappa shape index (κ2) is 11.9. The smallest absolute Gasteiger partial charge is 0.220 e. The van der Waals surface area contributed by atoms with Gasteiger partial charge in [-0.15, -0.1) is 13.2 Å². The molecule has 0 aromatic rings. The molecule has 1 saturated heterocycles. The van der Waals surface area contributed by atoms with E-state index in [1.54, 1.807) is 18.9 Å². The van der Waals surface area contributed by atoms with Crippen molar-refractivity contribution in [1.29, 1.82) is 0 Å². The molecular formula is C9H18O2S2. The maximum Gasteiger partial charge on any atom is 0.220 e. The number of thioether (sulfide) groups is 1. The van der Waals surface area contributed by atoms with E-state index >= 15 is 0 Å². The SMILES string of the molecule is C=C.CC.COCC1CSC(=S)O1. The summed E-state index contributed by atoms with van der Waals surface area (Å²) in [6.45, 7) is 10.6. The van der Waals surface area contributed by atoms with E-state index in [0.717, 1.165) is 5.75 Å². The largest absolute Gasteiger partial charge is 0.472 e. The normalized spacial score (nSPS) is 19.0. The molecule has 1 rings (SSSR count). The molecule has 1 heterocycles. The number of hydrogen-bond acceptors (Lipinski definition) is 4. The standard InChI is InChI=1S/C5H8O2S2.C2H6.C2H4/c1-6-2-4-3-9-5(8)7-4;2*1-2/h4H,2-3H2,1H3;1-2H3;1-2H2. The molecule has 13 heavy (non-hydrogen) atoms. The van der Waals surface area contributed by atoms with Crippen LogP contribution in [0.3, 0.4) is 0 Å². The summed E-state index contributed by atoms with van der Waals surface area (Å²) in [6, 6.07) is 0. The van der Waals surface area contributed by atoms with Crippen LogP contribution in [0.25, 0.3) is 0 Å². The second-order valence-electron chi connectivity index (χ2n) is 1.76. The van der Waals surface area contributed by atoms with Crippen molar-refractivity contribution in [2.24, 2.45) is 0 Å². The molecular weight excluding hydrogens is 204 g/mol. The summed E-state index contributed by atoms with van der Waals surface area (Å²) in [5.41, 5.74) is 0. The van der Waals surface area contributed by atoms with E-state index < -0.39 is 0 Å². The van der Waals surface area contributed by atoms with Crippen LogP contribution in [0.15, 0.2) is 13.2 Å². The molecule has 78 valence electrons. The number of rotatable bonds is 2. The monoisotopic (exact) mass is 222 g/mol. The zero-order chi connectivity index (χ0) is 10.7. The number of thiocarbonyl (C=S) groups is 1. The van der Waals surface area contributed by atoms with Gasteiger partial charge >= 0.3 is 0 Å². The maximum absolute atomic E-state index is 5.17. The Balaban J connectivity index is 0. The zero-order valence-corrected chi connectivity index (χ0v) is 10.2. The summed E-state index contributed by atoms with van der Waals surface area (Å²) in [7, 11) is 1.66. The molecule has 4 heteroatoms. The first-order valence-corrected chi connectivity index (χ1v) is 5.54. The van der Waals surface area contributed by atoms with Crippen molar-refractivity contribution >= 4 is 28.4 Å². The lowest BCUT2D eigenvalue weighted by molar-refractivity contribution is 0.0971. The molecule has 0 bridgehead atoms. The van der Waals surface area contributed by atoms with Gasteiger partial charge < -0.3 is 9.47 Å². The highest BCUT2D eigenvalue weighted by molar-refractivity contribution is 8.22. The van der Waals surface area contributed by atoms with Crippen molar-refractivity contribution in [1.82, 2.24) is 0 Å². The van der Waals surface area contributed by atoms with Gasteiger partial charge in [0.1, 0.15) is 6.10 Å². The van der Waals surface area contributed by atoms with Gasteiger partial charge in [-0.05, 0) is 12.2 Å². The van der Waals surface area contributed by atoms with Crippen LogP contribution in [0.5, 0.6) is 0 Å². The quantitative estimate of drug-likeness (QED) is 0.528. The predicted octanol–water partition coefficient (Wildman–Crippen LogP) is 2.88. The molecule has 2 nitrogen and oxygen atoms in total. The molecule has 0 N–H and O–H groups in total. The Morgan fingerprint density at radius 3 is 2.46 bits per heavy atom. The first kappa shape index (κ1) is 15.4.